The predicted octanol–water partition coefficient (Wildman–Crippen LogP) is 6.12. The minimum atomic E-state index is -2.55. The van der Waals surface area contributed by atoms with Gasteiger partial charge in [0, 0.05) is 42.4 Å². The van der Waals surface area contributed by atoms with Gasteiger partial charge in [0.05, 0.1) is 47.1 Å². The van der Waals surface area contributed by atoms with Crippen molar-refractivity contribution in [3.8, 4) is 11.5 Å². The molecule has 4 aromatic carbocycles. The van der Waals surface area contributed by atoms with Crippen LogP contribution in [-0.4, -0.2) is 75.8 Å². The molecule has 2 aliphatic heterocycles. The summed E-state index contributed by atoms with van der Waals surface area (Å²) in [6, 6.07) is 30.0. The molecule has 4 aromatic rings. The summed E-state index contributed by atoms with van der Waals surface area (Å²) in [6.07, 6.45) is 1.07. The van der Waals surface area contributed by atoms with E-state index in [1.165, 1.54) is 0 Å². The van der Waals surface area contributed by atoms with Crippen LogP contribution in [0.4, 0.5) is 11.4 Å². The van der Waals surface area contributed by atoms with E-state index < -0.39 is 19.8 Å². The monoisotopic (exact) mass is 747 g/mol. The number of nitrogens with zero attached hydrogens (tertiary/aromatic N) is 2. The van der Waals surface area contributed by atoms with Gasteiger partial charge in [0.1, 0.15) is 11.5 Å². The van der Waals surface area contributed by atoms with E-state index in [2.05, 4.69) is 44.0 Å². The minimum absolute atomic E-state index is 0.0220. The fourth-order valence-corrected chi connectivity index (χ4v) is 12.4. The zero-order chi connectivity index (χ0) is 38.6. The summed E-state index contributed by atoms with van der Waals surface area (Å²) < 4.78 is 17.9. The summed E-state index contributed by atoms with van der Waals surface area (Å²) in [7, 11) is 0.653. The van der Waals surface area contributed by atoms with Crippen molar-refractivity contribution in [1.82, 2.24) is 4.90 Å². The van der Waals surface area contributed by atoms with Gasteiger partial charge in [-0.25, -0.2) is 0 Å². The van der Waals surface area contributed by atoms with Crippen LogP contribution in [0.15, 0.2) is 110 Å². The van der Waals surface area contributed by atoms with E-state index in [0.29, 0.717) is 34.8 Å². The number of anilines is 2. The SMILES string of the molecule is C=CCN1C(=O)[C@]2(O[C@H](CC(=O)N(CCO)Cc3ccccc3)[C@@H]([Si](C)(C)c3ccc(OC)cc3)[C@@H]2C)c2cc(NC(=O)c3ccc(OC)cc3)ccc21. The first-order valence-corrected chi connectivity index (χ1v) is 21.3. The van der Waals surface area contributed by atoms with Crippen LogP contribution in [0.3, 0.4) is 0 Å². The largest absolute Gasteiger partial charge is 0.497 e. The van der Waals surface area contributed by atoms with Crippen LogP contribution in [0.25, 0.3) is 0 Å². The number of fused-ring (bicyclic) bond motifs is 2. The first kappa shape index (κ1) is 38.5. The van der Waals surface area contributed by atoms with Crippen molar-refractivity contribution >= 4 is 42.4 Å². The van der Waals surface area contributed by atoms with Gasteiger partial charge in [-0.2, -0.15) is 0 Å². The number of hydrogen-bond acceptors (Lipinski definition) is 7. The van der Waals surface area contributed by atoms with Gasteiger partial charge < -0.3 is 34.4 Å². The van der Waals surface area contributed by atoms with Crippen LogP contribution in [-0.2, 0) is 26.5 Å². The number of rotatable bonds is 14. The zero-order valence-corrected chi connectivity index (χ0v) is 32.6. The normalized spacial score (nSPS) is 20.4. The van der Waals surface area contributed by atoms with Gasteiger partial charge in [-0.3, -0.25) is 14.4 Å². The molecule has 2 N–H and O–H groups in total. The minimum Gasteiger partial charge on any atom is -0.497 e. The molecule has 4 atom stereocenters. The van der Waals surface area contributed by atoms with Crippen molar-refractivity contribution in [3.63, 3.8) is 0 Å². The second-order valence-electron chi connectivity index (χ2n) is 14.5. The average Bonchev–Trinajstić information content (AvgIpc) is 3.60. The standard InChI is InChI=1S/C43H49N3O7Si/c1-7-23-46-37-22-15-32(44-41(49)31-13-16-33(51-3)17-14-31)26-36(37)43(42(46)50)29(2)40(54(5,6)35-20-18-34(52-4)19-21-35)38(53-43)27-39(48)45(24-25-47)28-30-11-9-8-10-12-30/h7-22,26,29,38,40,47H,1,23-25,27-28H2,2-6H3,(H,44,49)/t29-,38+,40-,43+/m0/s1. The number of methoxy groups -OCH3 is 2. The molecule has 0 bridgehead atoms. The Balaban J connectivity index is 1.42. The summed E-state index contributed by atoms with van der Waals surface area (Å²) >= 11 is 0. The number of aliphatic hydroxyl groups is 1. The third-order valence-corrected chi connectivity index (χ3v) is 15.4. The van der Waals surface area contributed by atoms with Crippen LogP contribution >= 0.6 is 0 Å². The number of ether oxygens (including phenoxy) is 3. The van der Waals surface area contributed by atoms with Crippen molar-refractivity contribution in [1.29, 1.82) is 0 Å². The molecule has 1 saturated heterocycles. The number of hydrogen-bond donors (Lipinski definition) is 2. The Morgan fingerprint density at radius 3 is 2.24 bits per heavy atom. The molecule has 1 spiro atoms. The maximum absolute atomic E-state index is 14.9. The lowest BCUT2D eigenvalue weighted by Crippen LogP contribution is -2.52. The molecule has 2 aliphatic rings. The van der Waals surface area contributed by atoms with Gasteiger partial charge in [0.25, 0.3) is 11.8 Å². The number of aliphatic hydroxyl groups excluding tert-OH is 1. The third kappa shape index (κ3) is 7.18. The predicted molar refractivity (Wildman–Crippen MR) is 213 cm³/mol. The summed E-state index contributed by atoms with van der Waals surface area (Å²) in [5.41, 5.74) is 1.60. The summed E-state index contributed by atoms with van der Waals surface area (Å²) in [5, 5.41) is 14.1. The number of carbonyl (C=O) groups excluding carboxylic acids is 3. The van der Waals surface area contributed by atoms with Crippen molar-refractivity contribution in [3.05, 3.63) is 126 Å². The highest BCUT2D eigenvalue weighted by molar-refractivity contribution is 6.91. The van der Waals surface area contributed by atoms with E-state index in [9.17, 15) is 19.5 Å². The van der Waals surface area contributed by atoms with E-state index in [0.717, 1.165) is 16.5 Å². The van der Waals surface area contributed by atoms with Crippen LogP contribution < -0.4 is 24.9 Å². The van der Waals surface area contributed by atoms with Crippen molar-refractivity contribution in [2.45, 2.75) is 50.2 Å². The van der Waals surface area contributed by atoms with Gasteiger partial charge in [0.15, 0.2) is 5.60 Å². The molecule has 0 unspecified atom stereocenters. The number of benzene rings is 4. The molecule has 54 heavy (non-hydrogen) atoms. The van der Waals surface area contributed by atoms with Crippen LogP contribution in [0.1, 0.15) is 34.8 Å². The lowest BCUT2D eigenvalue weighted by atomic mass is 9.82. The molecular weight excluding hydrogens is 699 g/mol. The Kier molecular flexibility index (Phi) is 11.4. The first-order valence-electron chi connectivity index (χ1n) is 18.3. The zero-order valence-electron chi connectivity index (χ0n) is 31.6. The van der Waals surface area contributed by atoms with E-state index in [1.807, 2.05) is 54.6 Å². The molecule has 0 saturated carbocycles. The smallest absolute Gasteiger partial charge is 0.264 e. The average molecular weight is 748 g/mol. The summed E-state index contributed by atoms with van der Waals surface area (Å²) in [4.78, 5) is 46.0. The number of nitrogens with one attached hydrogen (secondary N) is 1. The molecule has 0 aliphatic carbocycles. The van der Waals surface area contributed by atoms with Crippen LogP contribution in [0.2, 0.25) is 18.6 Å². The molecule has 11 heteroatoms. The number of carbonyl (C=O) groups is 3. The maximum atomic E-state index is 14.9. The fraction of sp³-hybridized carbons (Fsp3) is 0.326. The van der Waals surface area contributed by atoms with E-state index >= 15 is 0 Å². The molecule has 10 nitrogen and oxygen atoms in total. The Morgan fingerprint density at radius 1 is 0.981 bits per heavy atom. The highest BCUT2D eigenvalue weighted by Gasteiger charge is 2.66. The van der Waals surface area contributed by atoms with Gasteiger partial charge in [-0.1, -0.05) is 73.7 Å². The Bertz CT molecular complexity index is 1990. The Morgan fingerprint density at radius 2 is 1.63 bits per heavy atom. The van der Waals surface area contributed by atoms with Crippen LogP contribution in [0.5, 0.6) is 11.5 Å². The topological polar surface area (TPSA) is 118 Å². The first-order chi connectivity index (χ1) is 26.0. The van der Waals surface area contributed by atoms with E-state index in [1.54, 1.807) is 60.4 Å². The number of amides is 3. The second-order valence-corrected chi connectivity index (χ2v) is 19.2. The molecule has 282 valence electrons. The van der Waals surface area contributed by atoms with Gasteiger partial charge in [0.2, 0.25) is 5.91 Å². The molecule has 6 rings (SSSR count). The lowest BCUT2D eigenvalue weighted by Gasteiger charge is -2.37. The van der Waals surface area contributed by atoms with Gasteiger partial charge >= 0.3 is 0 Å². The van der Waals surface area contributed by atoms with E-state index in [-0.39, 0.29) is 55.3 Å². The van der Waals surface area contributed by atoms with Crippen molar-refractivity contribution in [2.75, 3.05) is 44.1 Å². The second kappa shape index (κ2) is 16.0. The quantitative estimate of drug-likeness (QED) is 0.118. The highest BCUT2D eigenvalue weighted by Crippen LogP contribution is 2.60. The molecular formula is C43H49N3O7Si. The van der Waals surface area contributed by atoms with Crippen molar-refractivity contribution < 1.29 is 33.7 Å². The summed E-state index contributed by atoms with van der Waals surface area (Å²) in [5.74, 6) is 0.319. The molecule has 1 fully saturated rings. The summed E-state index contributed by atoms with van der Waals surface area (Å²) in [6.45, 7) is 11.1. The lowest BCUT2D eigenvalue weighted by molar-refractivity contribution is -0.149. The Hall–Kier alpha value is -5.23. The fourth-order valence-electron chi connectivity index (χ4n) is 8.36. The molecule has 3 amide bonds. The van der Waals surface area contributed by atoms with Gasteiger partial charge in [-0.05, 0) is 65.7 Å². The van der Waals surface area contributed by atoms with Gasteiger partial charge in [-0.15, -0.1) is 6.58 Å². The molecule has 0 radical (unpaired) electrons. The van der Waals surface area contributed by atoms with Crippen molar-refractivity contribution in [2.24, 2.45) is 5.92 Å². The Labute approximate surface area is 318 Å². The van der Waals surface area contributed by atoms with Crippen LogP contribution in [0, 0.1) is 5.92 Å². The molecule has 0 aromatic heterocycles. The van der Waals surface area contributed by atoms with E-state index in [4.69, 9.17) is 14.2 Å². The highest BCUT2D eigenvalue weighted by atomic mass is 28.3. The third-order valence-electron chi connectivity index (χ3n) is 11.1. The maximum Gasteiger partial charge on any atom is 0.264 e. The molecule has 2 heterocycles.